The van der Waals surface area contributed by atoms with Crippen LogP contribution in [0.4, 0.5) is 8.78 Å². The molecular weight excluding hydrogens is 406 g/mol. The van der Waals surface area contributed by atoms with Gasteiger partial charge in [-0.25, -0.2) is 17.2 Å². The molecule has 4 nitrogen and oxygen atoms in total. The average molecular weight is 424 g/mol. The molecule has 152 valence electrons. The quantitative estimate of drug-likeness (QED) is 0.478. The minimum atomic E-state index is -3.89. The molecule has 0 bridgehead atoms. The van der Waals surface area contributed by atoms with E-state index < -0.39 is 27.7 Å². The molecule has 0 amide bonds. The van der Waals surface area contributed by atoms with Crippen LogP contribution >= 0.6 is 0 Å². The zero-order valence-electron chi connectivity index (χ0n) is 15.9. The summed E-state index contributed by atoms with van der Waals surface area (Å²) in [7, 11) is -3.89. The minimum Gasteiger partial charge on any atom is -0.348 e. The maximum Gasteiger partial charge on any atom is 0.244 e. The van der Waals surface area contributed by atoms with E-state index in [4.69, 9.17) is 0 Å². The predicted octanol–water partition coefficient (Wildman–Crippen LogP) is 4.71. The first kappa shape index (κ1) is 19.0. The molecule has 1 atom stereocenters. The van der Waals surface area contributed by atoms with Crippen molar-refractivity contribution in [1.29, 1.82) is 0 Å². The number of nitrogens with zero attached hydrogens (tertiary/aromatic N) is 2. The minimum absolute atomic E-state index is 0.175. The highest BCUT2D eigenvalue weighted by molar-refractivity contribution is 7.89. The molecule has 0 spiro atoms. The van der Waals surface area contributed by atoms with E-state index in [1.165, 1.54) is 10.4 Å². The van der Waals surface area contributed by atoms with Gasteiger partial charge in [0.25, 0.3) is 0 Å². The molecule has 5 rings (SSSR count). The van der Waals surface area contributed by atoms with E-state index in [2.05, 4.69) is 0 Å². The predicted molar refractivity (Wildman–Crippen MR) is 110 cm³/mol. The van der Waals surface area contributed by atoms with Gasteiger partial charge in [-0.2, -0.15) is 4.31 Å². The third-order valence-corrected chi connectivity index (χ3v) is 7.44. The molecule has 4 aromatic rings. The molecule has 0 N–H and O–H groups in total. The Morgan fingerprint density at radius 3 is 2.40 bits per heavy atom. The van der Waals surface area contributed by atoms with E-state index in [-0.39, 0.29) is 11.4 Å². The Labute approximate surface area is 173 Å². The van der Waals surface area contributed by atoms with E-state index >= 15 is 0 Å². The Hall–Kier alpha value is -3.03. The number of halogens is 2. The lowest BCUT2D eigenvalue weighted by molar-refractivity contribution is 0.297. The van der Waals surface area contributed by atoms with Gasteiger partial charge >= 0.3 is 0 Å². The van der Waals surface area contributed by atoms with E-state index in [1.807, 2.05) is 47.2 Å². The monoisotopic (exact) mass is 424 g/mol. The molecule has 1 aliphatic heterocycles. The number of hydrogen-bond acceptors (Lipinski definition) is 2. The first-order chi connectivity index (χ1) is 14.4. The lowest BCUT2D eigenvalue weighted by Crippen LogP contribution is -2.42. The Bertz CT molecular complexity index is 1360. The number of rotatable bonds is 3. The van der Waals surface area contributed by atoms with Crippen molar-refractivity contribution in [1.82, 2.24) is 8.87 Å². The number of benzene rings is 3. The van der Waals surface area contributed by atoms with Gasteiger partial charge in [0.1, 0.15) is 0 Å². The third-order valence-electron chi connectivity index (χ3n) is 5.58. The fraction of sp³-hybridized carbons (Fsp3) is 0.130. The first-order valence-electron chi connectivity index (χ1n) is 9.56. The van der Waals surface area contributed by atoms with Crippen LogP contribution in [0.25, 0.3) is 10.8 Å². The maximum absolute atomic E-state index is 14.0. The van der Waals surface area contributed by atoms with Crippen molar-refractivity contribution >= 4 is 20.8 Å². The number of sulfonamides is 1. The summed E-state index contributed by atoms with van der Waals surface area (Å²) in [6.45, 7) is 0.704. The van der Waals surface area contributed by atoms with Gasteiger partial charge in [0.05, 0.1) is 10.9 Å². The molecule has 0 radical (unpaired) electrons. The molecular formula is C23H18F2N2O2S. The van der Waals surface area contributed by atoms with Crippen LogP contribution in [0.2, 0.25) is 0 Å². The smallest absolute Gasteiger partial charge is 0.244 e. The largest absolute Gasteiger partial charge is 0.348 e. The molecule has 0 unspecified atom stereocenters. The zero-order valence-corrected chi connectivity index (χ0v) is 16.7. The zero-order chi connectivity index (χ0) is 20.9. The van der Waals surface area contributed by atoms with Crippen molar-refractivity contribution in [3.05, 3.63) is 102 Å². The van der Waals surface area contributed by atoms with Crippen LogP contribution in [0.3, 0.4) is 0 Å². The molecule has 0 fully saturated rings. The summed E-state index contributed by atoms with van der Waals surface area (Å²) in [6.07, 6.45) is 1.86. The van der Waals surface area contributed by atoms with Crippen LogP contribution in [0.15, 0.2) is 83.9 Å². The molecule has 0 saturated heterocycles. The van der Waals surface area contributed by atoms with Gasteiger partial charge in [-0.1, -0.05) is 36.4 Å². The summed E-state index contributed by atoms with van der Waals surface area (Å²) in [5.74, 6) is -1.96. The molecule has 7 heteroatoms. The standard InChI is InChI=1S/C23H18F2N2O2S/c24-20-10-8-18(15-21(20)25)23-22-6-3-11-26(22)12-13-27(23)30(28,29)19-9-7-16-4-1-2-5-17(16)14-19/h1-11,14-15,23H,12-13H2/t23-/m1/s1. The van der Waals surface area contributed by atoms with E-state index in [0.29, 0.717) is 12.1 Å². The van der Waals surface area contributed by atoms with Crippen LogP contribution in [-0.2, 0) is 16.6 Å². The van der Waals surface area contributed by atoms with Crippen molar-refractivity contribution in [2.24, 2.45) is 0 Å². The SMILES string of the molecule is O=S(=O)(c1ccc2ccccc2c1)N1CCn2cccc2[C@H]1c1ccc(F)c(F)c1. The fourth-order valence-electron chi connectivity index (χ4n) is 4.10. The van der Waals surface area contributed by atoms with Gasteiger partial charge in [0.15, 0.2) is 11.6 Å². The molecule has 1 aliphatic rings. The van der Waals surface area contributed by atoms with Crippen molar-refractivity contribution in [3.8, 4) is 0 Å². The Balaban J connectivity index is 1.65. The van der Waals surface area contributed by atoms with Gasteiger partial charge in [-0.3, -0.25) is 0 Å². The molecule has 1 aromatic heterocycles. The van der Waals surface area contributed by atoms with Crippen LogP contribution in [-0.4, -0.2) is 23.8 Å². The van der Waals surface area contributed by atoms with Gasteiger partial charge in [0.2, 0.25) is 10.0 Å². The molecule has 0 saturated carbocycles. The highest BCUT2D eigenvalue weighted by Gasteiger charge is 2.38. The molecule has 3 aromatic carbocycles. The number of fused-ring (bicyclic) bond motifs is 2. The van der Waals surface area contributed by atoms with Crippen molar-refractivity contribution in [2.45, 2.75) is 17.5 Å². The summed E-state index contributed by atoms with van der Waals surface area (Å²) in [4.78, 5) is 0.175. The van der Waals surface area contributed by atoms with Gasteiger partial charge < -0.3 is 4.57 Å². The van der Waals surface area contributed by atoms with E-state index in [1.54, 1.807) is 18.2 Å². The Morgan fingerprint density at radius 2 is 1.60 bits per heavy atom. The lowest BCUT2D eigenvalue weighted by atomic mass is 10.0. The topological polar surface area (TPSA) is 42.3 Å². The summed E-state index contributed by atoms with van der Waals surface area (Å²) in [5, 5.41) is 1.77. The summed E-state index contributed by atoms with van der Waals surface area (Å²) >= 11 is 0. The van der Waals surface area contributed by atoms with Gasteiger partial charge in [-0.15, -0.1) is 0 Å². The highest BCUT2D eigenvalue weighted by atomic mass is 32.2. The second kappa shape index (κ2) is 7.04. The van der Waals surface area contributed by atoms with E-state index in [0.717, 1.165) is 28.6 Å². The van der Waals surface area contributed by atoms with Gasteiger partial charge in [-0.05, 0) is 52.7 Å². The summed E-state index contributed by atoms with van der Waals surface area (Å²) < 4.78 is 58.2. The normalized spacial score (nSPS) is 17.2. The molecule has 0 aliphatic carbocycles. The van der Waals surface area contributed by atoms with Crippen LogP contribution in [0.1, 0.15) is 17.3 Å². The lowest BCUT2D eigenvalue weighted by Gasteiger charge is -2.36. The van der Waals surface area contributed by atoms with Crippen molar-refractivity contribution in [2.75, 3.05) is 6.54 Å². The second-order valence-corrected chi connectivity index (χ2v) is 9.22. The third kappa shape index (κ3) is 3.02. The summed E-state index contributed by atoms with van der Waals surface area (Å²) in [5.41, 5.74) is 1.11. The number of aromatic nitrogens is 1. The van der Waals surface area contributed by atoms with Crippen LogP contribution < -0.4 is 0 Å². The van der Waals surface area contributed by atoms with E-state index in [9.17, 15) is 17.2 Å². The average Bonchev–Trinajstić information content (AvgIpc) is 3.23. The molecule has 2 heterocycles. The van der Waals surface area contributed by atoms with Crippen molar-refractivity contribution < 1.29 is 17.2 Å². The van der Waals surface area contributed by atoms with Crippen molar-refractivity contribution in [3.63, 3.8) is 0 Å². The number of hydrogen-bond donors (Lipinski definition) is 0. The maximum atomic E-state index is 14.0. The second-order valence-electron chi connectivity index (χ2n) is 7.33. The fourth-order valence-corrected chi connectivity index (χ4v) is 5.72. The highest BCUT2D eigenvalue weighted by Crippen LogP contribution is 2.37. The summed E-state index contributed by atoms with van der Waals surface area (Å²) in [6, 6.07) is 19.0. The molecule has 30 heavy (non-hydrogen) atoms. The van der Waals surface area contributed by atoms with Crippen LogP contribution in [0, 0.1) is 11.6 Å². The Morgan fingerprint density at radius 1 is 0.800 bits per heavy atom. The van der Waals surface area contributed by atoms with Gasteiger partial charge in [0, 0.05) is 25.0 Å². The van der Waals surface area contributed by atoms with Crippen LogP contribution in [0.5, 0.6) is 0 Å². The first-order valence-corrected chi connectivity index (χ1v) is 11.0. The Kier molecular flexibility index (Phi) is 4.45.